The van der Waals surface area contributed by atoms with Gasteiger partial charge < -0.3 is 32.3 Å². The minimum Gasteiger partial charge on any atom is -0.368 e. The summed E-state index contributed by atoms with van der Waals surface area (Å²) in [6, 6.07) is 15.8. The summed E-state index contributed by atoms with van der Waals surface area (Å²) in [5.41, 5.74) is 3.04. The zero-order valence-electron chi connectivity index (χ0n) is 25.5. The van der Waals surface area contributed by atoms with E-state index in [1.807, 2.05) is 30.6 Å². The van der Waals surface area contributed by atoms with Crippen molar-refractivity contribution in [3.05, 3.63) is 73.2 Å². The molecular formula is C30H43N13O2S. The van der Waals surface area contributed by atoms with Crippen LogP contribution in [0.4, 0.5) is 34.9 Å². The number of anilines is 6. The summed E-state index contributed by atoms with van der Waals surface area (Å²) in [6.07, 6.45) is 8.74. The lowest BCUT2D eigenvalue weighted by atomic mass is 10.1. The van der Waals surface area contributed by atoms with Crippen LogP contribution in [-0.4, -0.2) is 77.8 Å². The molecule has 46 heavy (non-hydrogen) atoms. The Morgan fingerprint density at radius 3 is 2.04 bits per heavy atom. The van der Waals surface area contributed by atoms with Crippen LogP contribution >= 0.6 is 0 Å². The fourth-order valence-electron chi connectivity index (χ4n) is 5.57. The minimum atomic E-state index is -3.80. The number of piperazine rings is 1. The molecule has 2 fully saturated rings. The normalized spacial score (nSPS) is 15.2. The fraction of sp³-hybridized carbons (Fsp3) is 0.300. The Balaban J connectivity index is 0.00000156. The Morgan fingerprint density at radius 1 is 0.717 bits per heavy atom. The van der Waals surface area contributed by atoms with Gasteiger partial charge in [0.25, 0.3) is 10.0 Å². The summed E-state index contributed by atoms with van der Waals surface area (Å²) in [5.74, 6) is 1.72. The zero-order chi connectivity index (χ0) is 29.9. The molecule has 9 N–H and O–H groups in total. The molecule has 5 aromatic rings. The molecule has 0 saturated carbocycles. The number of nitrogens with one attached hydrogen (secondary N) is 3. The predicted molar refractivity (Wildman–Crippen MR) is 185 cm³/mol. The van der Waals surface area contributed by atoms with Gasteiger partial charge in [0.1, 0.15) is 0 Å². The van der Waals surface area contributed by atoms with E-state index in [1.165, 1.54) is 6.42 Å². The van der Waals surface area contributed by atoms with E-state index in [0.717, 1.165) is 68.7 Å². The molecule has 15 nitrogen and oxygen atoms in total. The predicted octanol–water partition coefficient (Wildman–Crippen LogP) is 4.82. The number of hydrogen-bond donors (Lipinski definition) is 5. The highest BCUT2D eigenvalue weighted by atomic mass is 32.2. The second-order valence-electron chi connectivity index (χ2n) is 10.9. The van der Waals surface area contributed by atoms with Gasteiger partial charge in [-0.15, -0.1) is 0 Å². The van der Waals surface area contributed by atoms with Crippen molar-refractivity contribution in [1.82, 2.24) is 42.4 Å². The molecule has 0 radical (unpaired) electrons. The van der Waals surface area contributed by atoms with Crippen LogP contribution in [0.5, 0.6) is 0 Å². The maximum Gasteiger partial charge on any atom is 0.261 e. The maximum atomic E-state index is 13.1. The van der Waals surface area contributed by atoms with Crippen molar-refractivity contribution in [3.8, 4) is 0 Å². The number of aromatic nitrogens is 6. The molecule has 2 aliphatic heterocycles. The van der Waals surface area contributed by atoms with Crippen LogP contribution in [0.25, 0.3) is 10.9 Å². The first-order valence-corrected chi connectivity index (χ1v) is 16.2. The summed E-state index contributed by atoms with van der Waals surface area (Å²) in [7, 11) is -3.80. The maximum absolute atomic E-state index is 13.1. The Bertz CT molecular complexity index is 1850. The topological polar surface area (TPSA) is 218 Å². The molecule has 3 aromatic heterocycles. The molecule has 0 aliphatic carbocycles. The van der Waals surface area contributed by atoms with Crippen molar-refractivity contribution in [2.45, 2.75) is 24.2 Å². The second kappa shape index (κ2) is 13.9. The number of fused-ring (bicyclic) bond motifs is 1. The smallest absolute Gasteiger partial charge is 0.261 e. The summed E-state index contributed by atoms with van der Waals surface area (Å²) in [6.45, 7) is 5.06. The van der Waals surface area contributed by atoms with Crippen molar-refractivity contribution in [1.29, 1.82) is 0 Å². The van der Waals surface area contributed by atoms with Gasteiger partial charge in [-0.3, -0.25) is 14.8 Å². The first-order valence-electron chi connectivity index (χ1n) is 14.7. The molecule has 246 valence electrons. The summed E-state index contributed by atoms with van der Waals surface area (Å²) >= 11 is 0. The summed E-state index contributed by atoms with van der Waals surface area (Å²) < 4.78 is 28.8. The molecule has 7 rings (SSSR count). The van der Waals surface area contributed by atoms with Crippen LogP contribution < -0.4 is 37.0 Å². The Hall–Kier alpha value is -5.06. The van der Waals surface area contributed by atoms with Gasteiger partial charge in [-0.2, -0.15) is 20.1 Å². The number of H-pyrrole nitrogens is 1. The molecule has 2 aliphatic rings. The number of nitrogens with zero attached hydrogens (tertiary/aromatic N) is 8. The largest absolute Gasteiger partial charge is 0.368 e. The molecule has 2 aromatic carbocycles. The third-order valence-electron chi connectivity index (χ3n) is 7.96. The SMILES string of the molecule is N.N.O=S(=O)(Nc1ccc2cn[nH]c2c1)c1ccc(Nc2nc(N3CCCCC3)nc(N3CCN(c4ccncc4)CC3)n2)cc1.[HH].[HH]. The van der Waals surface area contributed by atoms with Crippen LogP contribution in [0.3, 0.4) is 0 Å². The van der Waals surface area contributed by atoms with Crippen molar-refractivity contribution in [3.63, 3.8) is 0 Å². The van der Waals surface area contributed by atoms with E-state index in [4.69, 9.17) is 15.0 Å². The van der Waals surface area contributed by atoms with E-state index in [1.54, 1.807) is 42.6 Å². The standard InChI is InChI=1S/C30H33N11O2S.2H3N.2H2/c42-44(43,38-24-5-4-22-21-32-37-27(22)20-24)26-8-6-23(7-9-26)33-28-34-29(40-14-2-1-3-15-40)36-30(35-28)41-18-16-39(17-19-41)25-10-12-31-13-11-25;;;;/h4-13,20-21,38H,1-3,14-19H2,(H,32,37)(H,33,34,35,36);2*1H3;2*1H. The fourth-order valence-corrected chi connectivity index (χ4v) is 6.62. The van der Waals surface area contributed by atoms with Crippen LogP contribution in [0.2, 0.25) is 0 Å². The number of sulfonamides is 1. The van der Waals surface area contributed by atoms with Gasteiger partial charge in [0.05, 0.1) is 22.3 Å². The van der Waals surface area contributed by atoms with E-state index in [2.05, 4.69) is 39.9 Å². The summed E-state index contributed by atoms with van der Waals surface area (Å²) in [4.78, 5) is 25.5. The Kier molecular flexibility index (Phi) is 9.79. The van der Waals surface area contributed by atoms with Crippen molar-refractivity contribution >= 4 is 55.8 Å². The van der Waals surface area contributed by atoms with Crippen LogP contribution in [0, 0.1) is 0 Å². The number of aromatic amines is 1. The third kappa shape index (κ3) is 7.09. The molecule has 0 atom stereocenters. The monoisotopic (exact) mass is 649 g/mol. The Labute approximate surface area is 270 Å². The summed E-state index contributed by atoms with van der Waals surface area (Å²) in [5, 5.41) is 11.0. The van der Waals surface area contributed by atoms with E-state index >= 15 is 0 Å². The lowest BCUT2D eigenvalue weighted by molar-refractivity contribution is 0.566. The van der Waals surface area contributed by atoms with Gasteiger partial charge in [0.2, 0.25) is 17.8 Å². The number of benzene rings is 2. The van der Waals surface area contributed by atoms with E-state index in [-0.39, 0.29) is 20.0 Å². The van der Waals surface area contributed by atoms with Crippen molar-refractivity contribution in [2.75, 3.05) is 64.0 Å². The molecule has 16 heteroatoms. The minimum absolute atomic E-state index is 0. The van der Waals surface area contributed by atoms with Gasteiger partial charge >= 0.3 is 0 Å². The quantitative estimate of drug-likeness (QED) is 0.152. The number of hydrogen-bond acceptors (Lipinski definition) is 13. The lowest BCUT2D eigenvalue weighted by Crippen LogP contribution is -2.47. The van der Waals surface area contributed by atoms with Gasteiger partial charge in [-0.25, -0.2) is 8.42 Å². The molecule has 0 amide bonds. The van der Waals surface area contributed by atoms with Crippen molar-refractivity contribution < 1.29 is 11.3 Å². The van der Waals surface area contributed by atoms with Gasteiger partial charge in [-0.1, -0.05) is 0 Å². The van der Waals surface area contributed by atoms with Gasteiger partial charge in [0.15, 0.2) is 0 Å². The van der Waals surface area contributed by atoms with Crippen LogP contribution in [0.15, 0.2) is 78.1 Å². The first-order chi connectivity index (χ1) is 21.5. The van der Waals surface area contributed by atoms with Gasteiger partial charge in [-0.05, 0) is 73.9 Å². The van der Waals surface area contributed by atoms with E-state index < -0.39 is 10.0 Å². The van der Waals surface area contributed by atoms with E-state index in [0.29, 0.717) is 29.2 Å². The highest BCUT2D eigenvalue weighted by molar-refractivity contribution is 7.92. The molecular weight excluding hydrogens is 606 g/mol. The molecule has 0 spiro atoms. The number of piperidine rings is 1. The molecule has 0 bridgehead atoms. The van der Waals surface area contributed by atoms with E-state index in [9.17, 15) is 8.42 Å². The lowest BCUT2D eigenvalue weighted by Gasteiger charge is -2.36. The number of pyridine rings is 1. The van der Waals surface area contributed by atoms with Crippen LogP contribution in [0.1, 0.15) is 22.1 Å². The second-order valence-corrected chi connectivity index (χ2v) is 12.6. The number of rotatable bonds is 8. The Morgan fingerprint density at radius 2 is 1.35 bits per heavy atom. The van der Waals surface area contributed by atoms with Crippen molar-refractivity contribution in [2.24, 2.45) is 0 Å². The molecule has 5 heterocycles. The van der Waals surface area contributed by atoms with Crippen LogP contribution in [-0.2, 0) is 10.0 Å². The molecule has 2 saturated heterocycles. The highest BCUT2D eigenvalue weighted by Gasteiger charge is 2.23. The first kappa shape index (κ1) is 32.3. The highest BCUT2D eigenvalue weighted by Crippen LogP contribution is 2.26. The average molecular weight is 650 g/mol. The van der Waals surface area contributed by atoms with Gasteiger partial charge in [0, 0.05) is 71.3 Å². The molecule has 0 unspecified atom stereocenters. The zero-order valence-corrected chi connectivity index (χ0v) is 26.3. The third-order valence-corrected chi connectivity index (χ3v) is 9.35. The average Bonchev–Trinajstić information content (AvgIpc) is 3.54.